The molecule has 6 heteroatoms. The van der Waals surface area contributed by atoms with Crippen LogP contribution in [0.4, 0.5) is 5.13 Å². The molecule has 0 radical (unpaired) electrons. The van der Waals surface area contributed by atoms with Gasteiger partial charge < -0.3 is 10.3 Å². The highest BCUT2D eigenvalue weighted by Crippen LogP contribution is 2.27. The van der Waals surface area contributed by atoms with E-state index in [0.29, 0.717) is 5.92 Å². The Hall–Kier alpha value is -1.95. The molecule has 0 unspecified atom stereocenters. The second-order valence-electron chi connectivity index (χ2n) is 5.37. The van der Waals surface area contributed by atoms with Gasteiger partial charge in [-0.1, -0.05) is 32.9 Å². The van der Waals surface area contributed by atoms with Crippen LogP contribution in [-0.2, 0) is 6.42 Å². The van der Waals surface area contributed by atoms with Crippen LogP contribution in [0.5, 0.6) is 0 Å². The summed E-state index contributed by atoms with van der Waals surface area (Å²) in [4.78, 5) is 12.6. The number of hydrogen-bond acceptors (Lipinski definition) is 5. The van der Waals surface area contributed by atoms with Gasteiger partial charge in [0.1, 0.15) is 11.6 Å². The number of aryl methyl sites for hydroxylation is 1. The minimum Gasteiger partial charge on any atom is -0.350 e. The molecule has 0 amide bonds. The van der Waals surface area contributed by atoms with E-state index in [4.69, 9.17) is 4.98 Å². The molecule has 2 aromatic heterocycles. The number of benzene rings is 1. The Balaban J connectivity index is 1.90. The molecule has 0 saturated carbocycles. The number of para-hydroxylation sites is 2. The molecule has 0 saturated heterocycles. The summed E-state index contributed by atoms with van der Waals surface area (Å²) < 4.78 is 4.32. The lowest BCUT2D eigenvalue weighted by Gasteiger charge is -2.19. The van der Waals surface area contributed by atoms with Crippen LogP contribution < -0.4 is 5.32 Å². The van der Waals surface area contributed by atoms with Gasteiger partial charge in [0.15, 0.2) is 0 Å². The van der Waals surface area contributed by atoms with Crippen molar-refractivity contribution in [3.63, 3.8) is 0 Å². The Kier molecular flexibility index (Phi) is 3.88. The number of hydrogen-bond donors (Lipinski definition) is 2. The minimum atomic E-state index is 0.0926. The molecule has 110 valence electrons. The zero-order valence-corrected chi connectivity index (χ0v) is 13.2. The number of imidazole rings is 1. The van der Waals surface area contributed by atoms with Crippen molar-refractivity contribution < 1.29 is 0 Å². The molecule has 3 aromatic rings. The third-order valence-electron chi connectivity index (χ3n) is 3.43. The van der Waals surface area contributed by atoms with E-state index in [9.17, 15) is 0 Å². The second kappa shape index (κ2) is 5.81. The van der Waals surface area contributed by atoms with Crippen LogP contribution in [-0.4, -0.2) is 19.3 Å². The van der Waals surface area contributed by atoms with Gasteiger partial charge >= 0.3 is 0 Å². The first-order valence-corrected chi connectivity index (χ1v) is 7.98. The maximum atomic E-state index is 4.70. The highest BCUT2D eigenvalue weighted by Gasteiger charge is 2.21. The number of nitrogens with one attached hydrogen (secondary N) is 2. The third kappa shape index (κ3) is 2.90. The van der Waals surface area contributed by atoms with Crippen LogP contribution >= 0.6 is 11.5 Å². The summed E-state index contributed by atoms with van der Waals surface area (Å²) in [6.07, 6.45) is 0.856. The van der Waals surface area contributed by atoms with E-state index in [0.717, 1.165) is 34.2 Å². The molecule has 0 spiro atoms. The van der Waals surface area contributed by atoms with Crippen LogP contribution in [0.3, 0.4) is 0 Å². The molecule has 2 heterocycles. The highest BCUT2D eigenvalue weighted by molar-refractivity contribution is 7.09. The Morgan fingerprint density at radius 2 is 2.05 bits per heavy atom. The summed E-state index contributed by atoms with van der Waals surface area (Å²) in [6, 6.07) is 8.18. The number of aromatic nitrogens is 4. The molecule has 0 aliphatic rings. The number of rotatable bonds is 5. The number of fused-ring (bicyclic) bond motifs is 1. The molecule has 1 aromatic carbocycles. The Morgan fingerprint density at radius 3 is 2.71 bits per heavy atom. The minimum absolute atomic E-state index is 0.0926. The van der Waals surface area contributed by atoms with E-state index in [1.165, 1.54) is 11.5 Å². The number of nitrogens with zero attached hydrogens (tertiary/aromatic N) is 3. The van der Waals surface area contributed by atoms with Crippen LogP contribution in [0.1, 0.15) is 38.5 Å². The summed E-state index contributed by atoms with van der Waals surface area (Å²) in [5.74, 6) is 2.22. The van der Waals surface area contributed by atoms with E-state index in [-0.39, 0.29) is 6.04 Å². The molecule has 0 fully saturated rings. The van der Waals surface area contributed by atoms with Gasteiger partial charge in [0.2, 0.25) is 5.13 Å². The van der Waals surface area contributed by atoms with Gasteiger partial charge in [-0.15, -0.1) is 0 Å². The van der Waals surface area contributed by atoms with Gasteiger partial charge in [0, 0.05) is 18.0 Å². The molecule has 1 atom stereocenters. The fourth-order valence-electron chi connectivity index (χ4n) is 2.26. The van der Waals surface area contributed by atoms with Gasteiger partial charge in [0.05, 0.1) is 17.1 Å². The van der Waals surface area contributed by atoms with Gasteiger partial charge in [-0.3, -0.25) is 0 Å². The van der Waals surface area contributed by atoms with Gasteiger partial charge in [-0.05, 0) is 18.1 Å². The zero-order valence-electron chi connectivity index (χ0n) is 12.4. The summed E-state index contributed by atoms with van der Waals surface area (Å²) in [5.41, 5.74) is 2.05. The van der Waals surface area contributed by atoms with E-state index in [2.05, 4.69) is 40.4 Å². The molecular weight excluding hydrogens is 282 g/mol. The number of anilines is 1. The fourth-order valence-corrected chi connectivity index (χ4v) is 2.95. The maximum Gasteiger partial charge on any atom is 0.203 e. The Labute approximate surface area is 128 Å². The smallest absolute Gasteiger partial charge is 0.203 e. The fraction of sp³-hybridized carbons (Fsp3) is 0.400. The monoisotopic (exact) mass is 301 g/mol. The second-order valence-corrected chi connectivity index (χ2v) is 6.13. The number of H-pyrrole nitrogens is 1. The van der Waals surface area contributed by atoms with E-state index in [1.807, 2.05) is 24.3 Å². The van der Waals surface area contributed by atoms with Crippen molar-refractivity contribution in [3.8, 4) is 0 Å². The molecule has 0 aliphatic heterocycles. The summed E-state index contributed by atoms with van der Waals surface area (Å²) in [6.45, 7) is 6.41. The largest absolute Gasteiger partial charge is 0.350 e. The van der Waals surface area contributed by atoms with Crippen LogP contribution in [0, 0.1) is 5.92 Å². The van der Waals surface area contributed by atoms with Crippen molar-refractivity contribution in [1.82, 2.24) is 19.3 Å². The van der Waals surface area contributed by atoms with E-state index in [1.54, 1.807) is 0 Å². The number of aromatic amines is 1. The maximum absolute atomic E-state index is 4.70. The standard InChI is InChI=1S/C15H19N5S/c1-4-12-18-15(21-20-12)19-13(9(2)3)14-16-10-7-5-6-8-11(10)17-14/h5-9,13H,4H2,1-3H3,(H,16,17)(H,18,19,20)/t13-/m0/s1. The first-order chi connectivity index (χ1) is 10.2. The van der Waals surface area contributed by atoms with Crippen molar-refractivity contribution in [1.29, 1.82) is 0 Å². The molecular formula is C15H19N5S. The summed E-state index contributed by atoms with van der Waals surface area (Å²) >= 11 is 1.41. The lowest BCUT2D eigenvalue weighted by molar-refractivity contribution is 0.526. The molecule has 2 N–H and O–H groups in total. The van der Waals surface area contributed by atoms with E-state index >= 15 is 0 Å². The normalized spacial score (nSPS) is 13.0. The van der Waals surface area contributed by atoms with E-state index < -0.39 is 0 Å². The molecule has 3 rings (SSSR count). The topological polar surface area (TPSA) is 66.5 Å². The van der Waals surface area contributed by atoms with Gasteiger partial charge in [0.25, 0.3) is 0 Å². The SMILES string of the molecule is CCc1nsc(N[C@H](c2nc3ccccc3[nH]2)C(C)C)n1. The van der Waals surface area contributed by atoms with Crippen LogP contribution in [0.2, 0.25) is 0 Å². The first-order valence-electron chi connectivity index (χ1n) is 7.21. The van der Waals surface area contributed by atoms with Crippen molar-refractivity contribution in [2.45, 2.75) is 33.2 Å². The van der Waals surface area contributed by atoms with Crippen LogP contribution in [0.25, 0.3) is 11.0 Å². The van der Waals surface area contributed by atoms with Crippen molar-refractivity contribution in [3.05, 3.63) is 35.9 Å². The molecule has 5 nitrogen and oxygen atoms in total. The first kappa shape index (κ1) is 14.0. The zero-order chi connectivity index (χ0) is 14.8. The predicted molar refractivity (Wildman–Crippen MR) is 86.6 cm³/mol. The van der Waals surface area contributed by atoms with Crippen molar-refractivity contribution in [2.24, 2.45) is 5.92 Å². The lowest BCUT2D eigenvalue weighted by Crippen LogP contribution is -2.18. The molecule has 21 heavy (non-hydrogen) atoms. The van der Waals surface area contributed by atoms with Crippen LogP contribution in [0.15, 0.2) is 24.3 Å². The quantitative estimate of drug-likeness (QED) is 0.752. The Morgan fingerprint density at radius 1 is 1.24 bits per heavy atom. The van der Waals surface area contributed by atoms with Crippen molar-refractivity contribution in [2.75, 3.05) is 5.32 Å². The third-order valence-corrected chi connectivity index (χ3v) is 4.12. The summed E-state index contributed by atoms with van der Waals surface area (Å²) in [7, 11) is 0. The lowest BCUT2D eigenvalue weighted by atomic mass is 10.0. The Bertz CT molecular complexity index is 697. The summed E-state index contributed by atoms with van der Waals surface area (Å²) in [5, 5.41) is 4.31. The average molecular weight is 301 g/mol. The predicted octanol–water partition coefficient (Wildman–Crippen LogP) is 3.79. The van der Waals surface area contributed by atoms with Gasteiger partial charge in [-0.2, -0.15) is 4.37 Å². The molecule has 0 bridgehead atoms. The highest BCUT2D eigenvalue weighted by atomic mass is 32.1. The average Bonchev–Trinajstić information content (AvgIpc) is 3.10. The molecule has 0 aliphatic carbocycles. The van der Waals surface area contributed by atoms with Gasteiger partial charge in [-0.25, -0.2) is 9.97 Å². The van der Waals surface area contributed by atoms with Crippen molar-refractivity contribution >= 4 is 27.7 Å².